The normalized spacial score (nSPS) is 20.7. The lowest BCUT2D eigenvalue weighted by molar-refractivity contribution is 0.278. The number of fused-ring (bicyclic) bond motifs is 1. The third-order valence-corrected chi connectivity index (χ3v) is 3.92. The van der Waals surface area contributed by atoms with E-state index in [0.717, 1.165) is 12.1 Å². The van der Waals surface area contributed by atoms with Crippen molar-refractivity contribution in [3.05, 3.63) is 60.2 Å². The fourth-order valence-electron chi connectivity index (χ4n) is 3.19. The second-order valence-electron chi connectivity index (χ2n) is 5.70. The summed E-state index contributed by atoms with van der Waals surface area (Å²) in [7, 11) is 0. The van der Waals surface area contributed by atoms with Crippen LogP contribution in [0.2, 0.25) is 0 Å². The number of benzene rings is 1. The van der Waals surface area contributed by atoms with E-state index in [1.807, 2.05) is 18.6 Å². The minimum absolute atomic E-state index is 0.210. The van der Waals surface area contributed by atoms with Crippen LogP contribution in [0, 0.1) is 5.41 Å². The lowest BCUT2D eigenvalue weighted by Gasteiger charge is -2.29. The maximum atomic E-state index is 4.27. The first-order valence-corrected chi connectivity index (χ1v) is 6.35. The number of nitrogens with zero attached hydrogens (tertiary/aromatic N) is 2. The quantitative estimate of drug-likeness (QED) is 0.780. The van der Waals surface area contributed by atoms with Gasteiger partial charge in [-0.05, 0) is 29.0 Å². The topological polar surface area (TPSA) is 17.8 Å². The highest BCUT2D eigenvalue weighted by Gasteiger charge is 2.40. The Kier molecular flexibility index (Phi) is 2.40. The van der Waals surface area contributed by atoms with E-state index in [1.54, 1.807) is 0 Å². The van der Waals surface area contributed by atoms with Gasteiger partial charge in [-0.2, -0.15) is 0 Å². The molecule has 0 radical (unpaired) electrons. The van der Waals surface area contributed by atoms with Gasteiger partial charge < -0.3 is 4.57 Å². The molecule has 0 aliphatic heterocycles. The van der Waals surface area contributed by atoms with Gasteiger partial charge in [0.1, 0.15) is 0 Å². The second kappa shape index (κ2) is 3.84. The summed E-state index contributed by atoms with van der Waals surface area (Å²) in [5, 5.41) is 0. The SMILES string of the molecule is C=Cc1cncn1C1c2ccccc2CC1(C)C. The Morgan fingerprint density at radius 1 is 1.39 bits per heavy atom. The molecule has 1 aliphatic carbocycles. The molecule has 18 heavy (non-hydrogen) atoms. The summed E-state index contributed by atoms with van der Waals surface area (Å²) in [6, 6.07) is 9.07. The van der Waals surface area contributed by atoms with Crippen LogP contribution >= 0.6 is 0 Å². The molecule has 0 N–H and O–H groups in total. The van der Waals surface area contributed by atoms with Crippen LogP contribution in [0.15, 0.2) is 43.4 Å². The smallest absolute Gasteiger partial charge is 0.0956 e. The Labute approximate surface area is 108 Å². The van der Waals surface area contributed by atoms with Gasteiger partial charge in [-0.15, -0.1) is 0 Å². The van der Waals surface area contributed by atoms with Crippen LogP contribution in [-0.2, 0) is 6.42 Å². The summed E-state index contributed by atoms with van der Waals surface area (Å²) in [6.45, 7) is 8.53. The van der Waals surface area contributed by atoms with Crippen molar-refractivity contribution in [2.45, 2.75) is 26.3 Å². The molecular weight excluding hydrogens is 220 g/mol. The molecule has 0 bridgehead atoms. The molecular formula is C16H18N2. The van der Waals surface area contributed by atoms with Gasteiger partial charge in [0, 0.05) is 0 Å². The fourth-order valence-corrected chi connectivity index (χ4v) is 3.19. The highest BCUT2D eigenvalue weighted by Crippen LogP contribution is 2.47. The minimum Gasteiger partial charge on any atom is -0.323 e. The Balaban J connectivity index is 2.18. The molecule has 2 heteroatoms. The monoisotopic (exact) mass is 238 g/mol. The maximum Gasteiger partial charge on any atom is 0.0956 e. The van der Waals surface area contributed by atoms with Crippen LogP contribution in [0.1, 0.15) is 36.7 Å². The zero-order valence-corrected chi connectivity index (χ0v) is 10.9. The number of hydrogen-bond acceptors (Lipinski definition) is 1. The molecule has 1 aliphatic rings. The summed E-state index contributed by atoms with van der Waals surface area (Å²) >= 11 is 0. The van der Waals surface area contributed by atoms with Gasteiger partial charge in [0.2, 0.25) is 0 Å². The predicted molar refractivity (Wildman–Crippen MR) is 74.4 cm³/mol. The van der Waals surface area contributed by atoms with Gasteiger partial charge in [0.25, 0.3) is 0 Å². The summed E-state index contributed by atoms with van der Waals surface area (Å²) in [6.07, 6.45) is 6.79. The molecule has 92 valence electrons. The van der Waals surface area contributed by atoms with Crippen LogP contribution in [-0.4, -0.2) is 9.55 Å². The van der Waals surface area contributed by atoms with E-state index in [1.165, 1.54) is 11.1 Å². The first-order valence-electron chi connectivity index (χ1n) is 6.35. The van der Waals surface area contributed by atoms with Gasteiger partial charge in [0.05, 0.1) is 24.3 Å². The van der Waals surface area contributed by atoms with Gasteiger partial charge in [0.15, 0.2) is 0 Å². The molecule has 1 unspecified atom stereocenters. The molecule has 0 saturated carbocycles. The van der Waals surface area contributed by atoms with Crippen LogP contribution < -0.4 is 0 Å². The molecule has 2 nitrogen and oxygen atoms in total. The van der Waals surface area contributed by atoms with Gasteiger partial charge in [-0.25, -0.2) is 4.98 Å². The van der Waals surface area contributed by atoms with Gasteiger partial charge in [-0.1, -0.05) is 44.7 Å². The van der Waals surface area contributed by atoms with Gasteiger partial charge in [-0.3, -0.25) is 0 Å². The van der Waals surface area contributed by atoms with Crippen LogP contribution in [0.25, 0.3) is 6.08 Å². The third-order valence-electron chi connectivity index (χ3n) is 3.92. The zero-order valence-electron chi connectivity index (χ0n) is 10.9. The van der Waals surface area contributed by atoms with E-state index in [9.17, 15) is 0 Å². The van der Waals surface area contributed by atoms with Crippen molar-refractivity contribution in [3.63, 3.8) is 0 Å². The van der Waals surface area contributed by atoms with Crippen LogP contribution in [0.3, 0.4) is 0 Å². The fraction of sp³-hybridized carbons (Fsp3) is 0.312. The number of rotatable bonds is 2. The van der Waals surface area contributed by atoms with E-state index in [2.05, 4.69) is 54.2 Å². The summed E-state index contributed by atoms with van der Waals surface area (Å²) in [5.74, 6) is 0. The Bertz CT molecular complexity index is 593. The zero-order chi connectivity index (χ0) is 12.8. The van der Waals surface area contributed by atoms with Crippen LogP contribution in [0.4, 0.5) is 0 Å². The molecule has 0 fully saturated rings. The first-order chi connectivity index (χ1) is 8.63. The molecule has 3 rings (SSSR count). The molecule has 0 saturated heterocycles. The Morgan fingerprint density at radius 3 is 2.94 bits per heavy atom. The van der Waals surface area contributed by atoms with Crippen LogP contribution in [0.5, 0.6) is 0 Å². The van der Waals surface area contributed by atoms with Crippen molar-refractivity contribution in [2.24, 2.45) is 5.41 Å². The predicted octanol–water partition coefficient (Wildman–Crippen LogP) is 3.70. The standard InChI is InChI=1S/C16H18N2/c1-4-13-10-17-11-18(13)15-14-8-6-5-7-12(14)9-16(15,2)3/h4-8,10-11,15H,1,9H2,2-3H3. The maximum absolute atomic E-state index is 4.27. The van der Waals surface area contributed by atoms with Crippen molar-refractivity contribution < 1.29 is 0 Å². The first kappa shape index (κ1) is 11.3. The largest absolute Gasteiger partial charge is 0.323 e. The van der Waals surface area contributed by atoms with E-state index in [0.29, 0.717) is 6.04 Å². The summed E-state index contributed by atoms with van der Waals surface area (Å²) < 4.78 is 2.25. The molecule has 1 aromatic heterocycles. The molecule has 1 atom stereocenters. The third kappa shape index (κ3) is 1.52. The number of aromatic nitrogens is 2. The van der Waals surface area contributed by atoms with E-state index in [-0.39, 0.29) is 5.41 Å². The molecule has 0 amide bonds. The highest BCUT2D eigenvalue weighted by atomic mass is 15.1. The minimum atomic E-state index is 0.210. The average molecular weight is 238 g/mol. The van der Waals surface area contributed by atoms with E-state index in [4.69, 9.17) is 0 Å². The summed E-state index contributed by atoms with van der Waals surface area (Å²) in [4.78, 5) is 4.27. The van der Waals surface area contributed by atoms with Crippen molar-refractivity contribution in [1.29, 1.82) is 0 Å². The lowest BCUT2D eigenvalue weighted by atomic mass is 9.85. The van der Waals surface area contributed by atoms with Gasteiger partial charge >= 0.3 is 0 Å². The molecule has 2 aromatic rings. The highest BCUT2D eigenvalue weighted by molar-refractivity contribution is 5.44. The van der Waals surface area contributed by atoms with E-state index < -0.39 is 0 Å². The molecule has 0 spiro atoms. The lowest BCUT2D eigenvalue weighted by Crippen LogP contribution is -2.24. The van der Waals surface area contributed by atoms with Crippen molar-refractivity contribution in [2.75, 3.05) is 0 Å². The number of hydrogen-bond donors (Lipinski definition) is 0. The molecule has 1 heterocycles. The Morgan fingerprint density at radius 2 is 2.17 bits per heavy atom. The summed E-state index contributed by atoms with van der Waals surface area (Å²) in [5.41, 5.74) is 4.17. The van der Waals surface area contributed by atoms with Crippen molar-refractivity contribution in [1.82, 2.24) is 9.55 Å². The van der Waals surface area contributed by atoms with Crippen molar-refractivity contribution >= 4 is 6.08 Å². The van der Waals surface area contributed by atoms with Crippen molar-refractivity contribution in [3.8, 4) is 0 Å². The Hall–Kier alpha value is -1.83. The molecule has 1 aromatic carbocycles. The average Bonchev–Trinajstić information content (AvgIpc) is 2.87. The second-order valence-corrected chi connectivity index (χ2v) is 5.70. The number of imidazole rings is 1. The van der Waals surface area contributed by atoms with E-state index >= 15 is 0 Å².